The van der Waals surface area contributed by atoms with Crippen LogP contribution in [0.1, 0.15) is 23.4 Å². The van der Waals surface area contributed by atoms with Gasteiger partial charge in [-0.2, -0.15) is 0 Å². The number of hydrogen-bond donors (Lipinski definition) is 0. The normalized spacial score (nSPS) is 18.8. The second kappa shape index (κ2) is 6.63. The number of morpholine rings is 1. The summed E-state index contributed by atoms with van der Waals surface area (Å²) < 4.78 is 13.6. The number of aromatic nitrogens is 2. The minimum absolute atomic E-state index is 0.00273. The Hall–Kier alpha value is -2.37. The van der Waals surface area contributed by atoms with E-state index < -0.39 is 0 Å². The number of nitrogens with zero attached hydrogens (tertiary/aromatic N) is 3. The fourth-order valence-corrected chi connectivity index (χ4v) is 3.25. The van der Waals surface area contributed by atoms with Gasteiger partial charge in [0.05, 0.1) is 24.8 Å². The number of hydrogen-bond acceptors (Lipinski definition) is 4. The molecule has 5 heteroatoms. The summed E-state index contributed by atoms with van der Waals surface area (Å²) in [4.78, 5) is 6.91. The lowest BCUT2D eigenvalue weighted by atomic mass is 10.2. The zero-order chi connectivity index (χ0) is 16.4. The molecule has 24 heavy (non-hydrogen) atoms. The summed E-state index contributed by atoms with van der Waals surface area (Å²) in [6.45, 7) is 5.34. The van der Waals surface area contributed by atoms with E-state index in [0.717, 1.165) is 36.9 Å². The van der Waals surface area contributed by atoms with E-state index in [0.29, 0.717) is 6.61 Å². The van der Waals surface area contributed by atoms with E-state index >= 15 is 0 Å². The molecule has 0 unspecified atom stereocenters. The molecule has 0 saturated carbocycles. The molecule has 124 valence electrons. The number of para-hydroxylation sites is 1. The van der Waals surface area contributed by atoms with Crippen molar-refractivity contribution in [1.29, 1.82) is 0 Å². The van der Waals surface area contributed by atoms with Gasteiger partial charge in [0, 0.05) is 25.3 Å². The van der Waals surface area contributed by atoms with E-state index in [4.69, 9.17) is 9.15 Å². The maximum Gasteiger partial charge on any atom is 0.133 e. The van der Waals surface area contributed by atoms with Crippen LogP contribution in [-0.4, -0.2) is 34.1 Å². The van der Waals surface area contributed by atoms with Gasteiger partial charge >= 0.3 is 0 Å². The van der Waals surface area contributed by atoms with Gasteiger partial charge in [-0.05, 0) is 31.2 Å². The summed E-state index contributed by atoms with van der Waals surface area (Å²) in [6.07, 6.45) is 3.67. The lowest BCUT2D eigenvalue weighted by Crippen LogP contribution is -2.38. The van der Waals surface area contributed by atoms with Crippen molar-refractivity contribution in [3.8, 4) is 5.69 Å². The predicted octanol–water partition coefficient (Wildman–Crippen LogP) is 3.35. The molecule has 1 aliphatic heterocycles. The van der Waals surface area contributed by atoms with Gasteiger partial charge in [-0.15, -0.1) is 0 Å². The Morgan fingerprint density at radius 1 is 1.17 bits per heavy atom. The molecule has 0 radical (unpaired) electrons. The second-order valence-corrected chi connectivity index (χ2v) is 6.08. The van der Waals surface area contributed by atoms with E-state index in [2.05, 4.69) is 38.7 Å². The minimum atomic E-state index is 0.00273. The first-order valence-electron chi connectivity index (χ1n) is 8.27. The molecule has 1 aliphatic rings. The van der Waals surface area contributed by atoms with Crippen molar-refractivity contribution in [2.24, 2.45) is 0 Å². The van der Waals surface area contributed by atoms with Gasteiger partial charge in [-0.1, -0.05) is 18.2 Å². The number of ether oxygens (including phenoxy) is 1. The fraction of sp³-hybridized carbons (Fsp3) is 0.316. The summed E-state index contributed by atoms with van der Waals surface area (Å²) in [5.74, 6) is 1.90. The van der Waals surface area contributed by atoms with Crippen molar-refractivity contribution in [2.75, 3.05) is 19.7 Å². The maximum absolute atomic E-state index is 5.85. The van der Waals surface area contributed by atoms with E-state index in [1.165, 1.54) is 5.69 Å². The van der Waals surface area contributed by atoms with Crippen LogP contribution in [0, 0.1) is 6.92 Å². The minimum Gasteiger partial charge on any atom is -0.467 e. The third kappa shape index (κ3) is 3.00. The molecule has 0 spiro atoms. The van der Waals surface area contributed by atoms with E-state index in [-0.39, 0.29) is 6.10 Å². The van der Waals surface area contributed by atoms with Crippen LogP contribution in [-0.2, 0) is 11.3 Å². The number of rotatable bonds is 4. The molecule has 3 heterocycles. The van der Waals surface area contributed by atoms with E-state index in [9.17, 15) is 0 Å². The molecule has 0 aliphatic carbocycles. The Bertz CT molecular complexity index is 780. The van der Waals surface area contributed by atoms with Crippen molar-refractivity contribution < 1.29 is 9.15 Å². The topological polar surface area (TPSA) is 43.4 Å². The lowest BCUT2D eigenvalue weighted by Gasteiger charge is -2.32. The quantitative estimate of drug-likeness (QED) is 0.738. The number of benzene rings is 1. The molecule has 1 aromatic carbocycles. The molecular formula is C19H21N3O2. The summed E-state index contributed by atoms with van der Waals surface area (Å²) in [5, 5.41) is 0. The molecule has 1 saturated heterocycles. The van der Waals surface area contributed by atoms with Gasteiger partial charge in [0.2, 0.25) is 0 Å². The van der Waals surface area contributed by atoms with Crippen LogP contribution in [0.4, 0.5) is 0 Å². The largest absolute Gasteiger partial charge is 0.467 e. The van der Waals surface area contributed by atoms with Crippen LogP contribution in [0.3, 0.4) is 0 Å². The first-order valence-corrected chi connectivity index (χ1v) is 8.27. The van der Waals surface area contributed by atoms with Crippen molar-refractivity contribution in [3.05, 3.63) is 72.2 Å². The Morgan fingerprint density at radius 3 is 2.83 bits per heavy atom. The highest BCUT2D eigenvalue weighted by Gasteiger charge is 2.25. The highest BCUT2D eigenvalue weighted by molar-refractivity contribution is 5.35. The van der Waals surface area contributed by atoms with Crippen LogP contribution in [0.2, 0.25) is 0 Å². The summed E-state index contributed by atoms with van der Waals surface area (Å²) in [6, 6.07) is 14.3. The van der Waals surface area contributed by atoms with Gasteiger partial charge < -0.3 is 9.15 Å². The summed E-state index contributed by atoms with van der Waals surface area (Å²) >= 11 is 0. The Kier molecular flexibility index (Phi) is 4.19. The van der Waals surface area contributed by atoms with Gasteiger partial charge in [-0.25, -0.2) is 4.98 Å². The summed E-state index contributed by atoms with van der Waals surface area (Å²) in [5.41, 5.74) is 2.34. The first-order chi connectivity index (χ1) is 11.8. The third-order valence-electron chi connectivity index (χ3n) is 4.42. The number of furan rings is 1. The average molecular weight is 323 g/mol. The number of imidazole rings is 1. The molecule has 3 aromatic rings. The fourth-order valence-electron chi connectivity index (χ4n) is 3.25. The highest BCUT2D eigenvalue weighted by Crippen LogP contribution is 2.24. The van der Waals surface area contributed by atoms with Crippen LogP contribution < -0.4 is 0 Å². The number of aryl methyl sites for hydroxylation is 1. The molecular weight excluding hydrogens is 302 g/mol. The second-order valence-electron chi connectivity index (χ2n) is 6.08. The average Bonchev–Trinajstić information content (AvgIpc) is 3.26. The maximum atomic E-state index is 5.85. The zero-order valence-electron chi connectivity index (χ0n) is 13.8. The molecule has 0 N–H and O–H groups in total. The molecule has 4 rings (SSSR count). The van der Waals surface area contributed by atoms with Crippen molar-refractivity contribution in [3.63, 3.8) is 0 Å². The monoisotopic (exact) mass is 323 g/mol. The van der Waals surface area contributed by atoms with Crippen molar-refractivity contribution in [1.82, 2.24) is 14.5 Å². The Morgan fingerprint density at radius 2 is 2.04 bits per heavy atom. The molecule has 1 fully saturated rings. The Balaban J connectivity index is 1.54. The SMILES string of the molecule is Cc1ncc(CN2CCO[C@@H](c3ccco3)C2)n1-c1ccccc1. The van der Waals surface area contributed by atoms with Crippen LogP contribution in [0.5, 0.6) is 0 Å². The third-order valence-corrected chi connectivity index (χ3v) is 4.42. The zero-order valence-corrected chi connectivity index (χ0v) is 13.8. The van der Waals surface area contributed by atoms with Gasteiger partial charge in [-0.3, -0.25) is 9.47 Å². The smallest absolute Gasteiger partial charge is 0.133 e. The van der Waals surface area contributed by atoms with Gasteiger partial charge in [0.1, 0.15) is 17.7 Å². The standard InChI is InChI=1S/C19H21N3O2/c1-15-20-12-17(22(15)16-6-3-2-4-7-16)13-21-9-11-24-19(14-21)18-8-5-10-23-18/h2-8,10,12,19H,9,11,13-14H2,1H3/t19-/m1/s1. The molecule has 1 atom stereocenters. The van der Waals surface area contributed by atoms with Crippen LogP contribution in [0.15, 0.2) is 59.3 Å². The molecule has 2 aromatic heterocycles. The van der Waals surface area contributed by atoms with Crippen molar-refractivity contribution in [2.45, 2.75) is 19.6 Å². The van der Waals surface area contributed by atoms with Gasteiger partial charge in [0.15, 0.2) is 0 Å². The Labute approximate surface area is 141 Å². The molecule has 0 bridgehead atoms. The summed E-state index contributed by atoms with van der Waals surface area (Å²) in [7, 11) is 0. The van der Waals surface area contributed by atoms with E-state index in [1.807, 2.05) is 31.3 Å². The van der Waals surface area contributed by atoms with Crippen LogP contribution >= 0.6 is 0 Å². The van der Waals surface area contributed by atoms with Crippen molar-refractivity contribution >= 4 is 0 Å². The van der Waals surface area contributed by atoms with E-state index in [1.54, 1.807) is 6.26 Å². The first kappa shape index (κ1) is 15.2. The highest BCUT2D eigenvalue weighted by atomic mass is 16.5. The predicted molar refractivity (Wildman–Crippen MR) is 91.0 cm³/mol. The molecule has 0 amide bonds. The van der Waals surface area contributed by atoms with Gasteiger partial charge in [0.25, 0.3) is 0 Å². The molecule has 5 nitrogen and oxygen atoms in total. The van der Waals surface area contributed by atoms with Crippen LogP contribution in [0.25, 0.3) is 5.69 Å². The lowest BCUT2D eigenvalue weighted by molar-refractivity contribution is -0.0432.